The second-order valence-corrected chi connectivity index (χ2v) is 8.68. The molecule has 0 atom stereocenters. The van der Waals surface area contributed by atoms with Crippen molar-refractivity contribution >= 4 is 44.5 Å². The molecule has 134 valence electrons. The lowest BCUT2D eigenvalue weighted by molar-refractivity contribution is 0.102. The van der Waals surface area contributed by atoms with Crippen molar-refractivity contribution in [3.8, 4) is 10.6 Å². The topological polar surface area (TPSA) is 98.4 Å². The van der Waals surface area contributed by atoms with Crippen molar-refractivity contribution in [3.05, 3.63) is 47.5 Å². The Bertz CT molecular complexity index is 1090. The van der Waals surface area contributed by atoms with Gasteiger partial charge in [0.25, 0.3) is 5.91 Å². The van der Waals surface area contributed by atoms with Gasteiger partial charge < -0.3 is 5.32 Å². The van der Waals surface area contributed by atoms with Crippen LogP contribution >= 0.6 is 11.3 Å². The summed E-state index contributed by atoms with van der Waals surface area (Å²) in [4.78, 5) is 13.4. The van der Waals surface area contributed by atoms with E-state index in [0.717, 1.165) is 10.6 Å². The zero-order chi connectivity index (χ0) is 18.5. The third-order valence-corrected chi connectivity index (χ3v) is 6.88. The van der Waals surface area contributed by atoms with Gasteiger partial charge in [-0.1, -0.05) is 6.07 Å². The van der Waals surface area contributed by atoms with Gasteiger partial charge in [0.2, 0.25) is 0 Å². The Morgan fingerprint density at radius 2 is 1.92 bits per heavy atom. The lowest BCUT2D eigenvalue weighted by atomic mass is 10.2. The van der Waals surface area contributed by atoms with Crippen molar-refractivity contribution in [3.63, 3.8) is 0 Å². The number of rotatable bonds is 3. The normalized spacial score (nSPS) is 15.2. The average Bonchev–Trinajstić information content (AvgIpc) is 3.33. The van der Waals surface area contributed by atoms with Gasteiger partial charge in [-0.2, -0.15) is 13.5 Å². The van der Waals surface area contributed by atoms with Gasteiger partial charge >= 0.3 is 10.2 Å². The number of amides is 1. The minimum Gasteiger partial charge on any atom is -0.321 e. The fraction of sp³-hybridized carbons (Fsp3) is 0.125. The van der Waals surface area contributed by atoms with Crippen LogP contribution in [0.25, 0.3) is 10.6 Å². The Morgan fingerprint density at radius 3 is 2.65 bits per heavy atom. The summed E-state index contributed by atoms with van der Waals surface area (Å²) in [6, 6.07) is 10.5. The van der Waals surface area contributed by atoms with Gasteiger partial charge in [0.15, 0.2) is 5.69 Å². The molecule has 0 bridgehead atoms. The number of nitrogens with one attached hydrogen (secondary N) is 2. The smallest absolute Gasteiger partial charge is 0.321 e. The molecule has 0 saturated heterocycles. The van der Waals surface area contributed by atoms with Crippen LogP contribution in [0.2, 0.25) is 0 Å². The molecular weight excluding hydrogens is 374 g/mol. The second-order valence-electron chi connectivity index (χ2n) is 5.74. The van der Waals surface area contributed by atoms with E-state index >= 15 is 0 Å². The van der Waals surface area contributed by atoms with E-state index in [1.54, 1.807) is 35.6 Å². The maximum absolute atomic E-state index is 12.4. The summed E-state index contributed by atoms with van der Waals surface area (Å²) in [5.74, 6) is -0.374. The summed E-state index contributed by atoms with van der Waals surface area (Å²) in [5.41, 5.74) is 2.59. The monoisotopic (exact) mass is 389 g/mol. The van der Waals surface area contributed by atoms with E-state index in [9.17, 15) is 13.2 Å². The molecule has 0 fully saturated rings. The highest BCUT2D eigenvalue weighted by Crippen LogP contribution is 2.40. The molecule has 0 spiro atoms. The molecule has 10 heteroatoms. The number of fused-ring (bicyclic) bond motifs is 1. The molecule has 0 radical (unpaired) electrons. The number of anilines is 3. The minimum atomic E-state index is -3.54. The largest absolute Gasteiger partial charge is 0.326 e. The van der Waals surface area contributed by atoms with Crippen molar-refractivity contribution in [1.82, 2.24) is 10.2 Å². The average molecular weight is 389 g/mol. The van der Waals surface area contributed by atoms with Gasteiger partial charge in [-0.15, -0.1) is 11.3 Å². The first kappa shape index (κ1) is 16.6. The highest BCUT2D eigenvalue weighted by atomic mass is 32.2. The van der Waals surface area contributed by atoms with Gasteiger partial charge in [-0.05, 0) is 35.7 Å². The van der Waals surface area contributed by atoms with Gasteiger partial charge in [-0.3, -0.25) is 18.5 Å². The zero-order valence-electron chi connectivity index (χ0n) is 13.9. The van der Waals surface area contributed by atoms with Crippen LogP contribution in [0.5, 0.6) is 0 Å². The molecule has 1 aliphatic heterocycles. The number of hydrogen-bond donors (Lipinski definition) is 2. The molecule has 1 aliphatic rings. The molecular formula is C16H15N5O3S2. The molecule has 4 rings (SSSR count). The quantitative estimate of drug-likeness (QED) is 0.719. The molecule has 3 aromatic rings. The van der Waals surface area contributed by atoms with Crippen molar-refractivity contribution in [1.29, 1.82) is 0 Å². The van der Waals surface area contributed by atoms with Crippen LogP contribution in [-0.2, 0) is 10.2 Å². The summed E-state index contributed by atoms with van der Waals surface area (Å²) in [6.07, 6.45) is 0. The van der Waals surface area contributed by atoms with Gasteiger partial charge in [0, 0.05) is 19.8 Å². The Labute approximate surface area is 154 Å². The van der Waals surface area contributed by atoms with Gasteiger partial charge in [-0.25, -0.2) is 0 Å². The van der Waals surface area contributed by atoms with Gasteiger partial charge in [0.05, 0.1) is 21.9 Å². The highest BCUT2D eigenvalue weighted by molar-refractivity contribution is 7.94. The molecule has 2 N–H and O–H groups in total. The van der Waals surface area contributed by atoms with E-state index in [1.807, 2.05) is 17.5 Å². The van der Waals surface area contributed by atoms with Crippen molar-refractivity contribution in [2.75, 3.05) is 28.0 Å². The molecule has 0 saturated carbocycles. The Kier molecular flexibility index (Phi) is 3.74. The number of aromatic amines is 1. The van der Waals surface area contributed by atoms with E-state index in [4.69, 9.17) is 0 Å². The third-order valence-electron chi connectivity index (χ3n) is 4.20. The number of aromatic nitrogens is 2. The van der Waals surface area contributed by atoms with Crippen molar-refractivity contribution < 1.29 is 13.2 Å². The number of hydrogen-bond acceptors (Lipinski definition) is 5. The van der Waals surface area contributed by atoms with E-state index in [0.29, 0.717) is 17.1 Å². The molecule has 26 heavy (non-hydrogen) atoms. The van der Waals surface area contributed by atoms with Gasteiger partial charge in [0.1, 0.15) is 0 Å². The molecule has 2 aromatic heterocycles. The standard InChI is InChI=1S/C16H15N5O3S2/c1-20-13-6-5-10(8-14(13)21(2)26(20,23)24)17-16(22)12-9-11(18-19-12)15-4-3-7-25-15/h3-9H,1-2H3,(H,17,22)(H,18,19). The number of carbonyl (C=O) groups excluding carboxylic acids is 1. The van der Waals surface area contributed by atoms with Crippen molar-refractivity contribution in [2.45, 2.75) is 0 Å². The molecule has 8 nitrogen and oxygen atoms in total. The predicted octanol–water partition coefficient (Wildman–Crippen LogP) is 2.52. The fourth-order valence-electron chi connectivity index (χ4n) is 2.74. The maximum Gasteiger partial charge on any atom is 0.326 e. The van der Waals surface area contributed by atoms with Crippen LogP contribution in [0.3, 0.4) is 0 Å². The predicted molar refractivity (Wildman–Crippen MR) is 102 cm³/mol. The highest BCUT2D eigenvalue weighted by Gasteiger charge is 2.35. The van der Waals surface area contributed by atoms with Crippen LogP contribution in [0.4, 0.5) is 17.1 Å². The SMILES string of the molecule is CN1c2ccc(NC(=O)c3cc(-c4cccs4)[nH]n3)cc2N(C)S1(=O)=O. The Morgan fingerprint density at radius 1 is 1.15 bits per heavy atom. The maximum atomic E-state index is 12.4. The van der Waals surface area contributed by atoms with Crippen molar-refractivity contribution in [2.24, 2.45) is 0 Å². The lowest BCUT2D eigenvalue weighted by Gasteiger charge is -2.13. The minimum absolute atomic E-state index is 0.256. The number of thiophene rings is 1. The van der Waals surface area contributed by atoms with Crippen LogP contribution in [0, 0.1) is 0 Å². The Balaban J connectivity index is 1.57. The van der Waals surface area contributed by atoms with E-state index in [-0.39, 0.29) is 11.6 Å². The molecule has 0 unspecified atom stereocenters. The van der Waals surface area contributed by atoms with Crippen LogP contribution in [-0.4, -0.2) is 38.6 Å². The summed E-state index contributed by atoms with van der Waals surface area (Å²) in [7, 11) is -0.576. The summed E-state index contributed by atoms with van der Waals surface area (Å²) in [6.45, 7) is 0. The van der Waals surface area contributed by atoms with Crippen LogP contribution in [0.15, 0.2) is 41.8 Å². The summed E-state index contributed by atoms with van der Waals surface area (Å²) < 4.78 is 26.7. The first-order chi connectivity index (χ1) is 12.4. The Hall–Kier alpha value is -2.85. The summed E-state index contributed by atoms with van der Waals surface area (Å²) in [5, 5.41) is 11.6. The number of carbonyl (C=O) groups is 1. The summed E-state index contributed by atoms with van der Waals surface area (Å²) >= 11 is 1.55. The fourth-order valence-corrected chi connectivity index (χ4v) is 4.60. The number of H-pyrrole nitrogens is 1. The first-order valence-electron chi connectivity index (χ1n) is 7.65. The third kappa shape index (κ3) is 2.54. The number of nitrogens with zero attached hydrogens (tertiary/aromatic N) is 3. The molecule has 1 aromatic carbocycles. The van der Waals surface area contributed by atoms with Crippen LogP contribution < -0.4 is 13.9 Å². The molecule has 0 aliphatic carbocycles. The lowest BCUT2D eigenvalue weighted by Crippen LogP contribution is -2.32. The van der Waals surface area contributed by atoms with E-state index in [1.165, 1.54) is 22.7 Å². The van der Waals surface area contributed by atoms with Crippen LogP contribution in [0.1, 0.15) is 10.5 Å². The zero-order valence-corrected chi connectivity index (χ0v) is 15.6. The number of benzene rings is 1. The van der Waals surface area contributed by atoms with E-state index in [2.05, 4.69) is 15.5 Å². The molecule has 1 amide bonds. The molecule has 3 heterocycles. The van der Waals surface area contributed by atoms with E-state index < -0.39 is 10.2 Å². The second kappa shape index (κ2) is 5.85. The first-order valence-corrected chi connectivity index (χ1v) is 9.93.